The zero-order valence-electron chi connectivity index (χ0n) is 12.5. The summed E-state index contributed by atoms with van der Waals surface area (Å²) in [5.74, 6) is 4.04. The van der Waals surface area contributed by atoms with E-state index in [1.54, 1.807) is 6.33 Å². The predicted molar refractivity (Wildman–Crippen MR) is 77.9 cm³/mol. The van der Waals surface area contributed by atoms with Crippen molar-refractivity contribution in [3.8, 4) is 0 Å². The number of aryl methyl sites for hydroxylation is 2. The molecule has 0 saturated heterocycles. The van der Waals surface area contributed by atoms with Gasteiger partial charge in [0.1, 0.15) is 12.2 Å². The van der Waals surface area contributed by atoms with Crippen LogP contribution in [0.25, 0.3) is 0 Å². The third-order valence-electron chi connectivity index (χ3n) is 6.36. The fraction of sp³-hybridized carbons (Fsp3) is 0.875. The first-order valence-electron chi connectivity index (χ1n) is 8.23. The van der Waals surface area contributed by atoms with E-state index in [0.717, 1.165) is 36.4 Å². The summed E-state index contributed by atoms with van der Waals surface area (Å²) < 4.78 is 2.02. The maximum Gasteiger partial charge on any atom is 0.132 e. The molecule has 0 aliphatic heterocycles. The minimum absolute atomic E-state index is 0.354. The second kappa shape index (κ2) is 4.55. The highest BCUT2D eigenvalue weighted by Crippen LogP contribution is 2.61. The Morgan fingerprint density at radius 1 is 1.25 bits per heavy atom. The van der Waals surface area contributed by atoms with Crippen molar-refractivity contribution in [2.24, 2.45) is 36.0 Å². The van der Waals surface area contributed by atoms with Crippen molar-refractivity contribution in [1.82, 2.24) is 14.8 Å². The molecule has 4 aliphatic rings. The maximum absolute atomic E-state index is 6.68. The summed E-state index contributed by atoms with van der Waals surface area (Å²) in [5.41, 5.74) is 7.15. The smallest absolute Gasteiger partial charge is 0.132 e. The highest BCUT2D eigenvalue weighted by Gasteiger charge is 2.53. The number of rotatable bonds is 4. The quantitative estimate of drug-likeness (QED) is 0.916. The highest BCUT2D eigenvalue weighted by atomic mass is 15.2. The first-order valence-corrected chi connectivity index (χ1v) is 8.23. The molecule has 4 nitrogen and oxygen atoms in total. The maximum atomic E-state index is 6.68. The summed E-state index contributed by atoms with van der Waals surface area (Å²) in [6, 6.07) is 0.354. The Hall–Kier alpha value is -0.900. The molecule has 1 aromatic rings. The second-order valence-electron chi connectivity index (χ2n) is 7.78. The molecule has 110 valence electrons. The molecule has 4 aliphatic carbocycles. The second-order valence-corrected chi connectivity index (χ2v) is 7.78. The summed E-state index contributed by atoms with van der Waals surface area (Å²) >= 11 is 0. The standard InChI is InChI=1S/C16H26N4/c1-20-10-18-19-15(20)3-2-14(17)16-7-11-4-12(8-16)6-13(5-11)9-16/h10-14H,2-9,17H2,1H3. The van der Waals surface area contributed by atoms with Crippen molar-refractivity contribution >= 4 is 0 Å². The number of nitrogens with two attached hydrogens (primary N) is 1. The molecule has 1 atom stereocenters. The number of hydrogen-bond acceptors (Lipinski definition) is 3. The summed E-state index contributed by atoms with van der Waals surface area (Å²) in [5, 5.41) is 8.16. The molecule has 1 unspecified atom stereocenters. The van der Waals surface area contributed by atoms with E-state index >= 15 is 0 Å². The third kappa shape index (κ3) is 2.00. The van der Waals surface area contributed by atoms with Gasteiger partial charge in [0.25, 0.3) is 0 Å². The fourth-order valence-electron chi connectivity index (χ4n) is 5.76. The first kappa shape index (κ1) is 12.8. The van der Waals surface area contributed by atoms with Crippen LogP contribution < -0.4 is 5.73 Å². The molecule has 4 heteroatoms. The van der Waals surface area contributed by atoms with Crippen LogP contribution in [0.4, 0.5) is 0 Å². The van der Waals surface area contributed by atoms with Crippen molar-refractivity contribution in [1.29, 1.82) is 0 Å². The van der Waals surface area contributed by atoms with Gasteiger partial charge in [0.05, 0.1) is 0 Å². The summed E-state index contributed by atoms with van der Waals surface area (Å²) in [4.78, 5) is 0. The van der Waals surface area contributed by atoms with Gasteiger partial charge in [0.15, 0.2) is 0 Å². The van der Waals surface area contributed by atoms with Gasteiger partial charge >= 0.3 is 0 Å². The lowest BCUT2D eigenvalue weighted by molar-refractivity contribution is -0.0681. The Bertz CT molecular complexity index is 457. The van der Waals surface area contributed by atoms with Crippen LogP contribution in [0, 0.1) is 23.2 Å². The summed E-state index contributed by atoms with van der Waals surface area (Å²) in [6.45, 7) is 0. The molecule has 20 heavy (non-hydrogen) atoms. The first-order chi connectivity index (χ1) is 9.64. The van der Waals surface area contributed by atoms with E-state index in [4.69, 9.17) is 5.73 Å². The molecule has 0 aromatic carbocycles. The average molecular weight is 274 g/mol. The van der Waals surface area contributed by atoms with E-state index in [9.17, 15) is 0 Å². The van der Waals surface area contributed by atoms with E-state index in [1.165, 1.54) is 38.5 Å². The minimum Gasteiger partial charge on any atom is -0.327 e. The van der Waals surface area contributed by atoms with Gasteiger partial charge in [-0.25, -0.2) is 0 Å². The zero-order chi connectivity index (χ0) is 13.7. The van der Waals surface area contributed by atoms with Gasteiger partial charge in [-0.3, -0.25) is 0 Å². The van der Waals surface area contributed by atoms with Crippen molar-refractivity contribution in [2.75, 3.05) is 0 Å². The zero-order valence-corrected chi connectivity index (χ0v) is 12.5. The lowest BCUT2D eigenvalue weighted by atomic mass is 9.47. The highest BCUT2D eigenvalue weighted by molar-refractivity contribution is 5.06. The monoisotopic (exact) mass is 274 g/mol. The summed E-state index contributed by atoms with van der Waals surface area (Å²) in [7, 11) is 2.02. The molecule has 0 amide bonds. The Morgan fingerprint density at radius 2 is 1.85 bits per heavy atom. The van der Waals surface area contributed by atoms with Crippen LogP contribution in [-0.2, 0) is 13.5 Å². The van der Waals surface area contributed by atoms with E-state index in [1.807, 2.05) is 11.6 Å². The van der Waals surface area contributed by atoms with Gasteiger partial charge in [-0.05, 0) is 68.1 Å². The average Bonchev–Trinajstić information content (AvgIpc) is 2.80. The molecule has 1 heterocycles. The number of nitrogens with zero attached hydrogens (tertiary/aromatic N) is 3. The Balaban J connectivity index is 1.45. The van der Waals surface area contributed by atoms with E-state index in [-0.39, 0.29) is 0 Å². The molecule has 5 rings (SSSR count). The molecule has 2 N–H and O–H groups in total. The largest absolute Gasteiger partial charge is 0.327 e. The van der Waals surface area contributed by atoms with E-state index < -0.39 is 0 Å². The van der Waals surface area contributed by atoms with Crippen LogP contribution in [0.2, 0.25) is 0 Å². The fourth-order valence-corrected chi connectivity index (χ4v) is 5.76. The van der Waals surface area contributed by atoms with Gasteiger partial charge in [-0.1, -0.05) is 0 Å². The van der Waals surface area contributed by atoms with Gasteiger partial charge < -0.3 is 10.3 Å². The Kier molecular flexibility index (Phi) is 2.92. The van der Waals surface area contributed by atoms with Gasteiger partial charge in [-0.2, -0.15) is 0 Å². The normalized spacial score (nSPS) is 40.2. The number of aromatic nitrogens is 3. The predicted octanol–water partition coefficient (Wildman–Crippen LogP) is 2.29. The van der Waals surface area contributed by atoms with Crippen molar-refractivity contribution in [3.63, 3.8) is 0 Å². The molecule has 4 saturated carbocycles. The van der Waals surface area contributed by atoms with E-state index in [2.05, 4.69) is 10.2 Å². The van der Waals surface area contributed by atoms with Gasteiger partial charge in [-0.15, -0.1) is 10.2 Å². The Labute approximate surface area is 121 Å². The molecular formula is C16H26N4. The van der Waals surface area contributed by atoms with Crippen LogP contribution in [0.5, 0.6) is 0 Å². The van der Waals surface area contributed by atoms with E-state index in [0.29, 0.717) is 11.5 Å². The van der Waals surface area contributed by atoms with Crippen LogP contribution in [0.1, 0.15) is 50.8 Å². The van der Waals surface area contributed by atoms with Crippen LogP contribution >= 0.6 is 0 Å². The van der Waals surface area contributed by atoms with Crippen molar-refractivity contribution in [2.45, 2.75) is 57.4 Å². The number of hydrogen-bond donors (Lipinski definition) is 1. The lowest BCUT2D eigenvalue weighted by Crippen LogP contribution is -2.54. The van der Waals surface area contributed by atoms with Crippen LogP contribution in [0.3, 0.4) is 0 Å². The minimum atomic E-state index is 0.354. The SMILES string of the molecule is Cn1cnnc1CCC(N)C12CC3CC(CC(C3)C1)C2. The van der Waals surface area contributed by atoms with Crippen molar-refractivity contribution < 1.29 is 0 Å². The molecule has 1 aromatic heterocycles. The summed E-state index contributed by atoms with van der Waals surface area (Å²) in [6.07, 6.45) is 12.5. The molecule has 0 radical (unpaired) electrons. The van der Waals surface area contributed by atoms with Gasteiger partial charge in [0, 0.05) is 19.5 Å². The van der Waals surface area contributed by atoms with Crippen LogP contribution in [0.15, 0.2) is 6.33 Å². The molecule has 4 bridgehead atoms. The Morgan fingerprint density at radius 3 is 2.35 bits per heavy atom. The van der Waals surface area contributed by atoms with Gasteiger partial charge in [0.2, 0.25) is 0 Å². The van der Waals surface area contributed by atoms with Crippen LogP contribution in [-0.4, -0.2) is 20.8 Å². The topological polar surface area (TPSA) is 56.7 Å². The third-order valence-corrected chi connectivity index (χ3v) is 6.36. The lowest BCUT2D eigenvalue weighted by Gasteiger charge is -2.59. The molecule has 0 spiro atoms. The van der Waals surface area contributed by atoms with Crippen molar-refractivity contribution in [3.05, 3.63) is 12.2 Å². The molecule has 4 fully saturated rings. The molecular weight excluding hydrogens is 248 g/mol.